The smallest absolute Gasteiger partial charge is 0.0943 e. The van der Waals surface area contributed by atoms with Crippen LogP contribution in [0.1, 0.15) is 72.4 Å². The molecule has 0 spiro atoms. The lowest BCUT2D eigenvalue weighted by atomic mass is 9.84. The average molecular weight is 520 g/mol. The normalized spacial score (nSPS) is 16.6. The molecule has 0 N–H and O–H groups in total. The van der Waals surface area contributed by atoms with Gasteiger partial charge in [0.25, 0.3) is 0 Å². The molecule has 0 heterocycles. The number of hydrogen-bond donors (Lipinski definition) is 0. The second kappa shape index (κ2) is 24.9. The summed E-state index contributed by atoms with van der Waals surface area (Å²) in [5.74, 6) is 1.73. The van der Waals surface area contributed by atoms with Crippen molar-refractivity contribution in [1.29, 1.82) is 0 Å². The van der Waals surface area contributed by atoms with Crippen molar-refractivity contribution in [2.45, 2.75) is 75.2 Å². The molecule has 0 aromatic heterocycles. The Morgan fingerprint density at radius 2 is 0.938 bits per heavy atom. The highest BCUT2D eigenvalue weighted by Gasteiger charge is 2.13. The Kier molecular flexibility index (Phi) is 32.3. The first-order valence-corrected chi connectivity index (χ1v) is 12.7. The number of aryl methyl sites for hydroxylation is 2. The van der Waals surface area contributed by atoms with Gasteiger partial charge in [-0.15, -0.1) is 22.7 Å². The summed E-state index contributed by atoms with van der Waals surface area (Å²) in [5, 5.41) is 0. The summed E-state index contributed by atoms with van der Waals surface area (Å²) in [6.45, 7) is 10.2. The molecule has 1 fully saturated rings. The van der Waals surface area contributed by atoms with Crippen LogP contribution in [0.3, 0.4) is 0 Å². The molecule has 32 heavy (non-hydrogen) atoms. The van der Waals surface area contributed by atoms with E-state index in [2.05, 4.69) is 52.0 Å². The first-order chi connectivity index (χ1) is 13.6. The zero-order chi connectivity index (χ0) is 24.3. The van der Waals surface area contributed by atoms with Crippen molar-refractivity contribution in [2.24, 2.45) is 11.8 Å². The molecule has 0 unspecified atom stereocenters. The Morgan fingerprint density at radius 3 is 1.06 bits per heavy atom. The monoisotopic (exact) mass is 519 g/mol. The highest BCUT2D eigenvalue weighted by molar-refractivity contribution is 7.85. The van der Waals surface area contributed by atoms with Crippen LogP contribution >= 0.6 is 0 Å². The average Bonchev–Trinajstić information content (AvgIpc) is 2.60. The molecule has 0 saturated heterocycles. The third kappa shape index (κ3) is 47.2. The van der Waals surface area contributed by atoms with Crippen LogP contribution in [0, 0.1) is 25.7 Å². The lowest BCUT2D eigenvalue weighted by molar-refractivity contribution is 0.308. The lowest BCUT2D eigenvalue weighted by Crippen LogP contribution is -2.08. The maximum atomic E-state index is 9.44. The second-order valence-corrected chi connectivity index (χ2v) is 9.28. The van der Waals surface area contributed by atoms with Crippen molar-refractivity contribution < 1.29 is 39.6 Å². The van der Waals surface area contributed by atoms with Gasteiger partial charge in [-0.25, -0.2) is 8.42 Å². The summed E-state index contributed by atoms with van der Waals surface area (Å²) in [4.78, 5) is 0. The van der Waals surface area contributed by atoms with Crippen LogP contribution in [-0.2, 0) is 32.8 Å². The van der Waals surface area contributed by atoms with Crippen molar-refractivity contribution >= 4 is 32.8 Å². The molecule has 196 valence electrons. The van der Waals surface area contributed by atoms with E-state index in [0.717, 1.165) is 11.8 Å². The zero-order valence-electron chi connectivity index (χ0n) is 17.9. The zero-order valence-corrected chi connectivity index (χ0v) is 20.3. The molecule has 0 atom stereocenters. The van der Waals surface area contributed by atoms with E-state index in [1.54, 1.807) is 0 Å². The van der Waals surface area contributed by atoms with Crippen LogP contribution in [0.15, 0.2) is 24.3 Å². The molecule has 0 radical (unpaired) electrons. The molecular formula is C20H39O9S3-5. The molecule has 1 aliphatic carbocycles. The van der Waals surface area contributed by atoms with Gasteiger partial charge in [0.15, 0.2) is 0 Å². The van der Waals surface area contributed by atoms with Gasteiger partial charge >= 0.3 is 0 Å². The van der Waals surface area contributed by atoms with Crippen LogP contribution in [0.4, 0.5) is 0 Å². The molecule has 1 saturated carbocycles. The van der Waals surface area contributed by atoms with Gasteiger partial charge in [0.2, 0.25) is 0 Å². The fourth-order valence-electron chi connectivity index (χ4n) is 2.06. The van der Waals surface area contributed by atoms with Gasteiger partial charge in [-0.1, -0.05) is 96.7 Å². The van der Waals surface area contributed by atoms with E-state index in [1.165, 1.54) is 43.7 Å². The predicted octanol–water partition coefficient (Wildman–Crippen LogP) is 3.95. The van der Waals surface area contributed by atoms with Gasteiger partial charge in [-0.2, -0.15) is 0 Å². The predicted molar refractivity (Wildman–Crippen MR) is 126 cm³/mol. The van der Waals surface area contributed by atoms with Crippen molar-refractivity contribution in [2.75, 3.05) is 5.75 Å². The molecule has 1 aliphatic rings. The van der Waals surface area contributed by atoms with Crippen LogP contribution in [0.2, 0.25) is 0 Å². The fourth-order valence-corrected chi connectivity index (χ4v) is 2.06. The molecule has 0 bridgehead atoms. The van der Waals surface area contributed by atoms with Crippen molar-refractivity contribution in [3.05, 3.63) is 35.4 Å². The summed E-state index contributed by atoms with van der Waals surface area (Å²) in [5.41, 5.74) is 2.66. The van der Waals surface area contributed by atoms with E-state index in [-0.39, 0.29) is 20.6 Å². The maximum Gasteiger partial charge on any atom is 0.0943 e. The number of benzene rings is 1. The van der Waals surface area contributed by atoms with Gasteiger partial charge in [0, 0.05) is 5.75 Å². The summed E-state index contributed by atoms with van der Waals surface area (Å²) in [6, 6.07) is 8.48. The van der Waals surface area contributed by atoms with Crippen LogP contribution in [-0.4, -0.2) is 45.4 Å². The van der Waals surface area contributed by atoms with Crippen LogP contribution < -0.4 is 0 Å². The largest absolute Gasteiger partial charge is 0.784 e. The first kappa shape index (κ1) is 41.5. The van der Waals surface area contributed by atoms with Crippen molar-refractivity contribution in [1.82, 2.24) is 0 Å². The minimum Gasteiger partial charge on any atom is -0.784 e. The Hall–Kier alpha value is -0.730. The number of rotatable bonds is 1. The van der Waals surface area contributed by atoms with E-state index in [9.17, 15) is 13.0 Å². The van der Waals surface area contributed by atoms with E-state index in [0.29, 0.717) is 0 Å². The van der Waals surface area contributed by atoms with E-state index in [1.807, 2.05) is 0 Å². The Morgan fingerprint density at radius 1 is 0.781 bits per heavy atom. The van der Waals surface area contributed by atoms with Crippen molar-refractivity contribution in [3.63, 3.8) is 0 Å². The molecule has 1 aromatic carbocycles. The quantitative estimate of drug-likeness (QED) is 0.391. The standard InChI is InChI=1S/C8H16.C8H10.C2H6O3S.2CH4.2H2O3S/c2*1-7-3-5-8(2)6-4-7;1-2-6(3,4)5;;;2*1-4(2)3/h7-8H,3-6H2,1-2H3;3-6H,1-2H3;2H2,1H3,(H,3,4,5);2*1H4;2*(H2,1,2,3)/p-5. The summed E-state index contributed by atoms with van der Waals surface area (Å²) >= 11 is -6.22. The van der Waals surface area contributed by atoms with Gasteiger partial charge in [0.05, 0.1) is 10.1 Å². The highest BCUT2D eigenvalue weighted by Crippen LogP contribution is 2.27. The molecule has 1 aromatic rings. The minimum atomic E-state index is -3.91. The minimum absolute atomic E-state index is 0. The third-order valence-electron chi connectivity index (χ3n) is 3.88. The van der Waals surface area contributed by atoms with Gasteiger partial charge in [0.1, 0.15) is 0 Å². The summed E-state index contributed by atoms with van der Waals surface area (Å²) in [7, 11) is -3.91. The molecule has 0 aliphatic heterocycles. The van der Waals surface area contributed by atoms with E-state index < -0.39 is 32.8 Å². The van der Waals surface area contributed by atoms with Gasteiger partial charge in [-0.05, 0) is 25.7 Å². The Bertz CT molecular complexity index is 619. The molecular weight excluding hydrogens is 480 g/mol. The highest BCUT2D eigenvalue weighted by atomic mass is 32.2. The second-order valence-electron chi connectivity index (χ2n) is 6.77. The maximum absolute atomic E-state index is 9.44. The molecule has 0 amide bonds. The third-order valence-corrected chi connectivity index (χ3v) is 4.58. The molecule has 12 heteroatoms. The van der Waals surface area contributed by atoms with Crippen LogP contribution in [0.25, 0.3) is 0 Å². The Labute approximate surface area is 200 Å². The summed E-state index contributed by atoms with van der Waals surface area (Å²) < 4.78 is 79.0. The van der Waals surface area contributed by atoms with E-state index >= 15 is 0 Å². The Balaban J connectivity index is -0.0000000966. The number of hydrogen-bond acceptors (Lipinski definition) is 9. The van der Waals surface area contributed by atoms with Gasteiger partial charge in [-0.3, -0.25) is 8.42 Å². The molecule has 9 nitrogen and oxygen atoms in total. The molecule has 2 rings (SSSR count). The van der Waals surface area contributed by atoms with E-state index in [4.69, 9.17) is 26.6 Å². The summed E-state index contributed by atoms with van der Waals surface area (Å²) in [6.07, 6.45) is 5.89. The van der Waals surface area contributed by atoms with Crippen LogP contribution in [0.5, 0.6) is 0 Å². The van der Waals surface area contributed by atoms with Crippen molar-refractivity contribution in [3.8, 4) is 0 Å². The van der Waals surface area contributed by atoms with Gasteiger partial charge < -0.3 is 22.8 Å². The SMILES string of the molecule is C.C.CC1CCC(C)CC1.CCS(=O)(=O)[O-].Cc1ccc(C)cc1.O=S([O-])[O-].O=S([O-])[O-]. The first-order valence-electron chi connectivity index (χ1n) is 9.10. The fraction of sp³-hybridized carbons (Fsp3) is 0.700. The lowest BCUT2D eigenvalue weighted by Gasteiger charge is -2.22. The topological polar surface area (TPSA) is 184 Å².